The van der Waals surface area contributed by atoms with E-state index in [1.165, 1.54) is 30.0 Å². The lowest BCUT2D eigenvalue weighted by molar-refractivity contribution is -0.115. The maximum Gasteiger partial charge on any atom is 0.258 e. The number of hydrogen-bond acceptors (Lipinski definition) is 4. The second-order valence-electron chi connectivity index (χ2n) is 6.44. The van der Waals surface area contributed by atoms with E-state index in [9.17, 15) is 14.0 Å². The van der Waals surface area contributed by atoms with Crippen LogP contribution >= 0.6 is 11.8 Å². The number of rotatable bonds is 7. The van der Waals surface area contributed by atoms with Crippen molar-refractivity contribution in [2.75, 3.05) is 17.7 Å². The molecule has 2 amide bonds. The van der Waals surface area contributed by atoms with Crippen molar-refractivity contribution in [3.63, 3.8) is 0 Å². The minimum atomic E-state index is -0.580. The average molecular weight is 424 g/mol. The molecule has 0 aliphatic carbocycles. The van der Waals surface area contributed by atoms with Crippen LogP contribution in [0.15, 0.2) is 77.7 Å². The van der Waals surface area contributed by atoms with E-state index in [1.807, 2.05) is 6.07 Å². The zero-order chi connectivity index (χ0) is 21.5. The van der Waals surface area contributed by atoms with Gasteiger partial charge in [0.15, 0.2) is 0 Å². The molecular formula is C23H21FN2O3S. The molecule has 2 N–H and O–H groups in total. The Balaban J connectivity index is 1.63. The molecule has 0 aliphatic rings. The van der Waals surface area contributed by atoms with Crippen molar-refractivity contribution in [3.8, 4) is 5.75 Å². The normalized spacial score (nSPS) is 11.4. The first-order chi connectivity index (χ1) is 14.5. The van der Waals surface area contributed by atoms with E-state index in [2.05, 4.69) is 10.6 Å². The molecule has 3 aromatic carbocycles. The molecule has 1 atom stereocenters. The molecule has 5 nitrogen and oxygen atoms in total. The summed E-state index contributed by atoms with van der Waals surface area (Å²) in [6, 6.07) is 20.0. The number of benzene rings is 3. The van der Waals surface area contributed by atoms with Crippen LogP contribution in [0, 0.1) is 5.82 Å². The number of carbonyl (C=O) groups excluding carboxylic acids is 2. The van der Waals surface area contributed by atoms with Gasteiger partial charge in [0.2, 0.25) is 5.91 Å². The van der Waals surface area contributed by atoms with Gasteiger partial charge in [-0.15, -0.1) is 11.8 Å². The zero-order valence-electron chi connectivity index (χ0n) is 16.5. The van der Waals surface area contributed by atoms with Crippen LogP contribution in [0.3, 0.4) is 0 Å². The van der Waals surface area contributed by atoms with Gasteiger partial charge in [-0.05, 0) is 49.4 Å². The number of halogens is 1. The molecule has 0 saturated heterocycles. The molecule has 0 saturated carbocycles. The first-order valence-electron chi connectivity index (χ1n) is 9.24. The molecular weight excluding hydrogens is 403 g/mol. The highest BCUT2D eigenvalue weighted by Gasteiger charge is 2.16. The van der Waals surface area contributed by atoms with E-state index in [0.29, 0.717) is 17.1 Å². The molecule has 0 aromatic heterocycles. The van der Waals surface area contributed by atoms with E-state index < -0.39 is 11.7 Å². The Morgan fingerprint density at radius 3 is 2.37 bits per heavy atom. The minimum absolute atomic E-state index is 0.0263. The molecule has 3 aromatic rings. The molecule has 0 heterocycles. The van der Waals surface area contributed by atoms with Crippen LogP contribution < -0.4 is 15.4 Å². The maximum absolute atomic E-state index is 13.8. The molecule has 0 bridgehead atoms. The van der Waals surface area contributed by atoms with Gasteiger partial charge in [-0.2, -0.15) is 0 Å². The number of thioether (sulfide) groups is 1. The quantitative estimate of drug-likeness (QED) is 0.511. The Bertz CT molecular complexity index is 1060. The highest BCUT2D eigenvalue weighted by atomic mass is 32.2. The van der Waals surface area contributed by atoms with Gasteiger partial charge >= 0.3 is 0 Å². The highest BCUT2D eigenvalue weighted by Crippen LogP contribution is 2.27. The lowest BCUT2D eigenvalue weighted by Crippen LogP contribution is -2.22. The fraction of sp³-hybridized carbons (Fsp3) is 0.130. The molecule has 154 valence electrons. The van der Waals surface area contributed by atoms with E-state index in [0.717, 1.165) is 4.90 Å². The van der Waals surface area contributed by atoms with Crippen molar-refractivity contribution in [2.24, 2.45) is 0 Å². The Kier molecular flexibility index (Phi) is 7.08. The van der Waals surface area contributed by atoms with Crippen molar-refractivity contribution >= 4 is 35.0 Å². The Hall–Kier alpha value is -3.32. The molecule has 7 heteroatoms. The van der Waals surface area contributed by atoms with Crippen molar-refractivity contribution in [2.45, 2.75) is 17.1 Å². The van der Waals surface area contributed by atoms with Crippen molar-refractivity contribution < 1.29 is 18.7 Å². The van der Waals surface area contributed by atoms with Crippen LogP contribution in [0.1, 0.15) is 17.3 Å². The van der Waals surface area contributed by atoms with Crippen LogP contribution in [0.4, 0.5) is 15.8 Å². The molecule has 0 spiro atoms. The van der Waals surface area contributed by atoms with E-state index in [-0.39, 0.29) is 16.7 Å². The zero-order valence-corrected chi connectivity index (χ0v) is 17.3. The molecule has 3 rings (SSSR count). The van der Waals surface area contributed by atoms with Gasteiger partial charge in [0.1, 0.15) is 11.6 Å². The number of ether oxygens (including phenoxy) is 1. The molecule has 1 unspecified atom stereocenters. The third-order valence-corrected chi connectivity index (χ3v) is 5.32. The van der Waals surface area contributed by atoms with Crippen LogP contribution in [-0.2, 0) is 4.79 Å². The first kappa shape index (κ1) is 21.4. The van der Waals surface area contributed by atoms with Crippen molar-refractivity contribution in [1.29, 1.82) is 0 Å². The van der Waals surface area contributed by atoms with E-state index >= 15 is 0 Å². The van der Waals surface area contributed by atoms with Crippen molar-refractivity contribution in [1.82, 2.24) is 0 Å². The summed E-state index contributed by atoms with van der Waals surface area (Å²) in [7, 11) is 1.57. The number of nitrogens with one attached hydrogen (secondary N) is 2. The predicted octanol–water partition coefficient (Wildman–Crippen LogP) is 5.21. The maximum atomic E-state index is 13.8. The van der Waals surface area contributed by atoms with Gasteiger partial charge in [-0.1, -0.05) is 24.3 Å². The van der Waals surface area contributed by atoms with Gasteiger partial charge in [-0.3, -0.25) is 9.59 Å². The summed E-state index contributed by atoms with van der Waals surface area (Å²) in [5, 5.41) is 5.17. The predicted molar refractivity (Wildman–Crippen MR) is 118 cm³/mol. The van der Waals surface area contributed by atoms with Gasteiger partial charge < -0.3 is 15.4 Å². The highest BCUT2D eigenvalue weighted by molar-refractivity contribution is 8.00. The number of amides is 2. The first-order valence-corrected chi connectivity index (χ1v) is 10.1. The summed E-state index contributed by atoms with van der Waals surface area (Å²) in [4.78, 5) is 25.6. The monoisotopic (exact) mass is 424 g/mol. The Morgan fingerprint density at radius 1 is 0.933 bits per heavy atom. The van der Waals surface area contributed by atoms with Crippen molar-refractivity contribution in [3.05, 3.63) is 84.2 Å². The topological polar surface area (TPSA) is 67.4 Å². The van der Waals surface area contributed by atoms with Gasteiger partial charge in [0, 0.05) is 22.3 Å². The van der Waals surface area contributed by atoms with Crippen LogP contribution in [0.5, 0.6) is 5.75 Å². The third-order valence-electron chi connectivity index (χ3n) is 4.23. The number of methoxy groups -OCH3 is 1. The Labute approximate surface area is 178 Å². The van der Waals surface area contributed by atoms with E-state index in [4.69, 9.17) is 4.74 Å². The van der Waals surface area contributed by atoms with Gasteiger partial charge in [0.25, 0.3) is 5.91 Å². The fourth-order valence-electron chi connectivity index (χ4n) is 2.69. The van der Waals surface area contributed by atoms with E-state index in [1.54, 1.807) is 62.6 Å². The minimum Gasteiger partial charge on any atom is -0.497 e. The number of hydrogen-bond donors (Lipinski definition) is 2. The summed E-state index contributed by atoms with van der Waals surface area (Å²) in [6.45, 7) is 1.80. The number of anilines is 2. The molecule has 30 heavy (non-hydrogen) atoms. The summed E-state index contributed by atoms with van der Waals surface area (Å²) in [6.07, 6.45) is 0. The summed E-state index contributed by atoms with van der Waals surface area (Å²) >= 11 is 1.35. The molecule has 0 fully saturated rings. The van der Waals surface area contributed by atoms with Gasteiger partial charge in [-0.25, -0.2) is 4.39 Å². The van der Waals surface area contributed by atoms with Crippen LogP contribution in [-0.4, -0.2) is 24.2 Å². The Morgan fingerprint density at radius 2 is 1.63 bits per heavy atom. The SMILES string of the molecule is COc1cccc(NC(=O)C(C)Sc2cccc(NC(=O)c3ccccc3F)c2)c1. The average Bonchev–Trinajstić information content (AvgIpc) is 2.74. The smallest absolute Gasteiger partial charge is 0.258 e. The summed E-state index contributed by atoms with van der Waals surface area (Å²) < 4.78 is 19.0. The second kappa shape index (κ2) is 9.93. The third kappa shape index (κ3) is 5.61. The summed E-state index contributed by atoms with van der Waals surface area (Å²) in [5.41, 5.74) is 1.15. The van der Waals surface area contributed by atoms with Crippen LogP contribution in [0.2, 0.25) is 0 Å². The summed E-state index contributed by atoms with van der Waals surface area (Å²) in [5.74, 6) is -0.608. The molecule has 0 aliphatic heterocycles. The van der Waals surface area contributed by atoms with Gasteiger partial charge in [0.05, 0.1) is 17.9 Å². The van der Waals surface area contributed by atoms with Crippen LogP contribution in [0.25, 0.3) is 0 Å². The second-order valence-corrected chi connectivity index (χ2v) is 7.86. The standard InChI is InChI=1S/C23H21FN2O3S/c1-15(22(27)25-16-7-5-9-18(13-16)29-2)30-19-10-6-8-17(14-19)26-23(28)20-11-3-4-12-21(20)24/h3-15H,1-2H3,(H,25,27)(H,26,28). The largest absolute Gasteiger partial charge is 0.497 e. The number of carbonyl (C=O) groups is 2. The molecule has 0 radical (unpaired) electrons. The fourth-order valence-corrected chi connectivity index (χ4v) is 3.62. The lowest BCUT2D eigenvalue weighted by atomic mass is 10.2. The lowest BCUT2D eigenvalue weighted by Gasteiger charge is -2.13.